The summed E-state index contributed by atoms with van der Waals surface area (Å²) in [4.78, 5) is 30.7. The van der Waals surface area contributed by atoms with E-state index >= 15 is 0 Å². The Bertz CT molecular complexity index is 1470. The SMILES string of the molecule is COc1cc(C)[nH]c(=O)c1CNC(=O)c1c(C)n([C@H](C)C2CCN(CS(C)(=O)=O)CC2)c2ccccc12. The lowest BCUT2D eigenvalue weighted by Gasteiger charge is -2.35. The second-order valence-corrected chi connectivity index (χ2v) is 12.2. The predicted molar refractivity (Wildman–Crippen MR) is 145 cm³/mol. The summed E-state index contributed by atoms with van der Waals surface area (Å²) in [5.74, 6) is 0.649. The summed E-state index contributed by atoms with van der Waals surface area (Å²) in [6.07, 6.45) is 3.05. The molecule has 2 N–H and O–H groups in total. The van der Waals surface area contributed by atoms with Crippen molar-refractivity contribution in [1.29, 1.82) is 0 Å². The Hall–Kier alpha value is -3.11. The number of aromatic nitrogens is 2. The third-order valence-electron chi connectivity index (χ3n) is 7.40. The van der Waals surface area contributed by atoms with Gasteiger partial charge in [-0.3, -0.25) is 14.5 Å². The van der Waals surface area contributed by atoms with Gasteiger partial charge in [-0.1, -0.05) is 18.2 Å². The number of benzene rings is 1. The standard InChI is InChI=1S/C27H36N4O5S/c1-17-14-24(36-4)22(26(32)29-17)15-28-27(33)25-19(3)31(23-9-7-6-8-21(23)25)18(2)20-10-12-30(13-11-20)16-37(5,34)35/h6-9,14,18,20H,10-13,15-16H2,1-5H3,(H,28,33)(H,29,32)/t18-/m1/s1. The van der Waals surface area contributed by atoms with Gasteiger partial charge < -0.3 is 19.6 Å². The van der Waals surface area contributed by atoms with Gasteiger partial charge in [0.05, 0.1) is 24.8 Å². The summed E-state index contributed by atoms with van der Waals surface area (Å²) in [6.45, 7) is 7.44. The summed E-state index contributed by atoms with van der Waals surface area (Å²) in [5.41, 5.74) is 3.23. The number of carbonyl (C=O) groups is 1. The molecule has 3 heterocycles. The van der Waals surface area contributed by atoms with E-state index in [-0.39, 0.29) is 29.9 Å². The molecule has 1 atom stereocenters. The number of pyridine rings is 1. The fourth-order valence-corrected chi connectivity index (χ4v) is 6.52. The molecule has 1 aliphatic heterocycles. The number of hydrogen-bond acceptors (Lipinski definition) is 6. The lowest BCUT2D eigenvalue weighted by Crippen LogP contribution is -2.39. The van der Waals surface area contributed by atoms with Crippen molar-refractivity contribution in [2.24, 2.45) is 5.92 Å². The number of rotatable bonds is 8. The van der Waals surface area contributed by atoms with Crippen LogP contribution in [0.4, 0.5) is 0 Å². The van der Waals surface area contributed by atoms with Crippen LogP contribution in [0.1, 0.15) is 53.1 Å². The third kappa shape index (κ3) is 5.75. The number of piperidine rings is 1. The van der Waals surface area contributed by atoms with Crippen LogP contribution in [0.3, 0.4) is 0 Å². The average Bonchev–Trinajstić information content (AvgIpc) is 3.13. The van der Waals surface area contributed by atoms with E-state index < -0.39 is 9.84 Å². The number of fused-ring (bicyclic) bond motifs is 1. The number of H-pyrrole nitrogens is 1. The largest absolute Gasteiger partial charge is 0.496 e. The third-order valence-corrected chi connectivity index (χ3v) is 8.23. The molecule has 0 unspecified atom stereocenters. The van der Waals surface area contributed by atoms with Gasteiger partial charge in [-0.2, -0.15) is 0 Å². The zero-order valence-corrected chi connectivity index (χ0v) is 22.9. The molecular formula is C27H36N4O5S. The van der Waals surface area contributed by atoms with Crippen LogP contribution in [-0.2, 0) is 16.4 Å². The molecule has 37 heavy (non-hydrogen) atoms. The summed E-state index contributed by atoms with van der Waals surface area (Å²) >= 11 is 0. The lowest BCUT2D eigenvalue weighted by molar-refractivity contribution is 0.0951. The molecule has 1 fully saturated rings. The zero-order valence-electron chi connectivity index (χ0n) is 22.1. The minimum atomic E-state index is -3.04. The molecule has 0 bridgehead atoms. The number of hydrogen-bond donors (Lipinski definition) is 2. The number of nitrogens with zero attached hydrogens (tertiary/aromatic N) is 2. The van der Waals surface area contributed by atoms with E-state index in [0.717, 1.165) is 42.5 Å². The Labute approximate surface area is 217 Å². The molecule has 0 spiro atoms. The predicted octanol–water partition coefficient (Wildman–Crippen LogP) is 3.16. The van der Waals surface area contributed by atoms with Gasteiger partial charge in [-0.15, -0.1) is 0 Å². The fraction of sp³-hybridized carbons (Fsp3) is 0.481. The van der Waals surface area contributed by atoms with Crippen LogP contribution < -0.4 is 15.6 Å². The van der Waals surface area contributed by atoms with E-state index in [1.165, 1.54) is 13.4 Å². The molecule has 0 aliphatic carbocycles. The van der Waals surface area contributed by atoms with Gasteiger partial charge in [0.1, 0.15) is 11.6 Å². The van der Waals surface area contributed by atoms with Gasteiger partial charge in [0.2, 0.25) is 0 Å². The van der Waals surface area contributed by atoms with Gasteiger partial charge in [0.25, 0.3) is 11.5 Å². The molecule has 0 radical (unpaired) electrons. The minimum Gasteiger partial charge on any atom is -0.496 e. The molecule has 2 aromatic heterocycles. The van der Waals surface area contributed by atoms with Gasteiger partial charge in [-0.05, 0) is 64.8 Å². The molecule has 4 rings (SSSR count). The van der Waals surface area contributed by atoms with E-state index in [9.17, 15) is 18.0 Å². The molecule has 1 aliphatic rings. The number of sulfone groups is 1. The van der Waals surface area contributed by atoms with Gasteiger partial charge >= 0.3 is 0 Å². The van der Waals surface area contributed by atoms with Crippen molar-refractivity contribution in [3.05, 3.63) is 63.2 Å². The number of para-hydroxylation sites is 1. The van der Waals surface area contributed by atoms with E-state index in [1.807, 2.05) is 36.1 Å². The summed E-state index contributed by atoms with van der Waals surface area (Å²) in [6, 6.07) is 9.74. The first kappa shape index (κ1) is 26.9. The van der Waals surface area contributed by atoms with Crippen molar-refractivity contribution in [2.75, 3.05) is 32.3 Å². The van der Waals surface area contributed by atoms with E-state index in [4.69, 9.17) is 4.74 Å². The summed E-state index contributed by atoms with van der Waals surface area (Å²) < 4.78 is 31.0. The second kappa shape index (κ2) is 10.7. The van der Waals surface area contributed by atoms with Crippen LogP contribution in [0.5, 0.6) is 5.75 Å². The molecule has 3 aromatic rings. The van der Waals surface area contributed by atoms with Crippen molar-refractivity contribution in [2.45, 2.75) is 46.2 Å². The van der Waals surface area contributed by atoms with Crippen molar-refractivity contribution in [3.8, 4) is 5.75 Å². The van der Waals surface area contributed by atoms with Crippen LogP contribution >= 0.6 is 0 Å². The quantitative estimate of drug-likeness (QED) is 0.464. The molecule has 1 aromatic carbocycles. The number of methoxy groups -OCH3 is 1. The Morgan fingerprint density at radius 1 is 1.22 bits per heavy atom. The van der Waals surface area contributed by atoms with Crippen LogP contribution in [0.15, 0.2) is 35.1 Å². The van der Waals surface area contributed by atoms with Crippen molar-refractivity contribution >= 4 is 26.6 Å². The highest BCUT2D eigenvalue weighted by molar-refractivity contribution is 7.90. The number of aryl methyl sites for hydroxylation is 1. The van der Waals surface area contributed by atoms with Crippen LogP contribution in [0.2, 0.25) is 0 Å². The maximum atomic E-state index is 13.5. The van der Waals surface area contributed by atoms with Gasteiger partial charge in [0, 0.05) is 34.6 Å². The average molecular weight is 529 g/mol. The number of ether oxygens (including phenoxy) is 1. The molecule has 1 amide bonds. The normalized spacial score (nSPS) is 16.1. The van der Waals surface area contributed by atoms with Crippen molar-refractivity contribution in [1.82, 2.24) is 19.8 Å². The van der Waals surface area contributed by atoms with Crippen LogP contribution in [-0.4, -0.2) is 61.1 Å². The van der Waals surface area contributed by atoms with Gasteiger partial charge in [0.15, 0.2) is 9.84 Å². The van der Waals surface area contributed by atoms with Crippen molar-refractivity contribution < 1.29 is 17.9 Å². The van der Waals surface area contributed by atoms with Gasteiger partial charge in [-0.25, -0.2) is 8.42 Å². The monoisotopic (exact) mass is 528 g/mol. The Balaban J connectivity index is 1.59. The molecule has 1 saturated heterocycles. The lowest BCUT2D eigenvalue weighted by atomic mass is 9.90. The summed E-state index contributed by atoms with van der Waals surface area (Å²) in [5, 5.41) is 3.79. The maximum Gasteiger partial charge on any atom is 0.256 e. The number of carbonyl (C=O) groups excluding carboxylic acids is 1. The highest BCUT2D eigenvalue weighted by Crippen LogP contribution is 2.35. The molecule has 0 saturated carbocycles. The minimum absolute atomic E-state index is 0.0465. The number of amides is 1. The fourth-order valence-electron chi connectivity index (χ4n) is 5.60. The van der Waals surface area contributed by atoms with Crippen molar-refractivity contribution in [3.63, 3.8) is 0 Å². The van der Waals surface area contributed by atoms with Crippen LogP contribution in [0, 0.1) is 19.8 Å². The first-order chi connectivity index (χ1) is 17.5. The summed E-state index contributed by atoms with van der Waals surface area (Å²) in [7, 11) is -1.54. The highest BCUT2D eigenvalue weighted by atomic mass is 32.2. The first-order valence-corrected chi connectivity index (χ1v) is 14.6. The first-order valence-electron chi connectivity index (χ1n) is 12.5. The second-order valence-electron chi connectivity index (χ2n) is 10.1. The Morgan fingerprint density at radius 2 is 1.89 bits per heavy atom. The number of nitrogens with one attached hydrogen (secondary N) is 2. The van der Waals surface area contributed by atoms with Crippen LogP contribution in [0.25, 0.3) is 10.9 Å². The Kier molecular flexibility index (Phi) is 7.80. The number of likely N-dealkylation sites (tertiary alicyclic amines) is 1. The number of aromatic amines is 1. The zero-order chi connectivity index (χ0) is 26.9. The smallest absolute Gasteiger partial charge is 0.256 e. The molecular weight excluding hydrogens is 492 g/mol. The Morgan fingerprint density at radius 3 is 2.54 bits per heavy atom. The molecule has 9 nitrogen and oxygen atoms in total. The van der Waals surface area contributed by atoms with E-state index in [0.29, 0.717) is 28.5 Å². The topological polar surface area (TPSA) is 114 Å². The highest BCUT2D eigenvalue weighted by Gasteiger charge is 2.30. The molecule has 10 heteroatoms. The maximum absolute atomic E-state index is 13.5. The van der Waals surface area contributed by atoms with E-state index in [2.05, 4.69) is 21.8 Å². The molecule has 200 valence electrons. The van der Waals surface area contributed by atoms with E-state index in [1.54, 1.807) is 13.0 Å².